The van der Waals surface area contributed by atoms with Gasteiger partial charge >= 0.3 is 0 Å². The number of hydrogen-bond donors (Lipinski definition) is 1. The lowest BCUT2D eigenvalue weighted by Gasteiger charge is -2.11. The van der Waals surface area contributed by atoms with E-state index in [2.05, 4.69) is 10.3 Å². The van der Waals surface area contributed by atoms with Gasteiger partial charge in [-0.15, -0.1) is 0 Å². The molecular weight excluding hydrogens is 324 g/mol. The summed E-state index contributed by atoms with van der Waals surface area (Å²) in [5.74, 6) is 0.808. The summed E-state index contributed by atoms with van der Waals surface area (Å²) in [4.78, 5) is 16.5. The van der Waals surface area contributed by atoms with Crippen molar-refractivity contribution in [3.8, 4) is 11.6 Å². The molecule has 0 aliphatic heterocycles. The number of ether oxygens (including phenoxy) is 1. The molecule has 0 aliphatic rings. The second-order valence-electron chi connectivity index (χ2n) is 5.09. The van der Waals surface area contributed by atoms with Crippen molar-refractivity contribution in [2.24, 2.45) is 0 Å². The lowest BCUT2D eigenvalue weighted by molar-refractivity contribution is -0.115. The quantitative estimate of drug-likeness (QED) is 0.733. The number of amides is 1. The van der Waals surface area contributed by atoms with Crippen molar-refractivity contribution < 1.29 is 9.53 Å². The van der Waals surface area contributed by atoms with E-state index in [0.717, 1.165) is 5.56 Å². The number of carbonyl (C=O) groups is 1. The Hall–Kier alpha value is -2.85. The van der Waals surface area contributed by atoms with E-state index in [9.17, 15) is 4.79 Å². The molecule has 0 saturated carbocycles. The van der Waals surface area contributed by atoms with Crippen molar-refractivity contribution in [1.29, 1.82) is 0 Å². The largest absolute Gasteiger partial charge is 0.437 e. The molecule has 4 nitrogen and oxygen atoms in total. The molecule has 24 heavy (non-hydrogen) atoms. The van der Waals surface area contributed by atoms with Gasteiger partial charge in [-0.25, -0.2) is 4.98 Å². The summed E-state index contributed by atoms with van der Waals surface area (Å²) in [7, 11) is 0. The minimum absolute atomic E-state index is 0.180. The van der Waals surface area contributed by atoms with Crippen LogP contribution < -0.4 is 10.1 Å². The molecule has 1 amide bonds. The zero-order chi connectivity index (χ0) is 16.8. The summed E-state index contributed by atoms with van der Waals surface area (Å²) in [6.07, 6.45) is 1.79. The van der Waals surface area contributed by atoms with Crippen LogP contribution >= 0.6 is 11.6 Å². The average molecular weight is 339 g/mol. The summed E-state index contributed by atoms with van der Waals surface area (Å²) in [6, 6.07) is 20.0. The molecule has 0 saturated heterocycles. The molecule has 3 aromatic rings. The van der Waals surface area contributed by atoms with Gasteiger partial charge in [0.1, 0.15) is 11.4 Å². The minimum Gasteiger partial charge on any atom is -0.437 e. The van der Waals surface area contributed by atoms with Gasteiger partial charge in [-0.05, 0) is 35.9 Å². The van der Waals surface area contributed by atoms with Gasteiger partial charge in [0, 0.05) is 11.2 Å². The molecule has 2 aromatic carbocycles. The first kappa shape index (κ1) is 16.0. The number of carbonyl (C=O) groups excluding carboxylic acids is 1. The first-order valence-corrected chi connectivity index (χ1v) is 7.81. The minimum atomic E-state index is -0.186. The van der Waals surface area contributed by atoms with E-state index in [1.165, 1.54) is 0 Å². The van der Waals surface area contributed by atoms with E-state index in [1.54, 1.807) is 24.4 Å². The van der Waals surface area contributed by atoms with E-state index >= 15 is 0 Å². The Labute approximate surface area is 145 Å². The van der Waals surface area contributed by atoms with Crippen LogP contribution in [0.1, 0.15) is 5.56 Å². The normalized spacial score (nSPS) is 10.2. The number of pyridine rings is 1. The van der Waals surface area contributed by atoms with Gasteiger partial charge in [0.25, 0.3) is 0 Å². The highest BCUT2D eigenvalue weighted by atomic mass is 35.5. The Bertz CT molecular complexity index is 838. The molecule has 120 valence electrons. The number of rotatable bonds is 5. The number of nitrogens with zero attached hydrogens (tertiary/aromatic N) is 1. The summed E-state index contributed by atoms with van der Waals surface area (Å²) < 4.78 is 5.73. The fraction of sp³-hybridized carbons (Fsp3) is 0.0526. The Morgan fingerprint density at radius 3 is 2.54 bits per heavy atom. The molecule has 0 radical (unpaired) electrons. The Morgan fingerprint density at radius 1 is 1.00 bits per heavy atom. The number of aromatic nitrogens is 1. The van der Waals surface area contributed by atoms with Gasteiger partial charge in [0.15, 0.2) is 0 Å². The smallest absolute Gasteiger partial charge is 0.243 e. The first-order chi connectivity index (χ1) is 11.7. The lowest BCUT2D eigenvalue weighted by atomic mass is 10.1. The summed E-state index contributed by atoms with van der Waals surface area (Å²) in [5, 5.41) is 3.39. The van der Waals surface area contributed by atoms with E-state index in [0.29, 0.717) is 22.3 Å². The molecule has 0 aliphatic carbocycles. The van der Waals surface area contributed by atoms with E-state index < -0.39 is 0 Å². The standard InChI is InChI=1S/C19H15ClN2O2/c20-16-10-5-4-7-14(16)13-18(23)22-17-11-6-12-21-19(17)24-15-8-2-1-3-9-15/h1-12H,13H2,(H,22,23). The topological polar surface area (TPSA) is 51.2 Å². The van der Waals surface area contributed by atoms with Crippen LogP contribution in [0.4, 0.5) is 5.69 Å². The molecule has 0 spiro atoms. The van der Waals surface area contributed by atoms with Crippen molar-refractivity contribution in [3.05, 3.63) is 83.5 Å². The van der Waals surface area contributed by atoms with Gasteiger partial charge in [-0.2, -0.15) is 0 Å². The van der Waals surface area contributed by atoms with Crippen LogP contribution in [0, 0.1) is 0 Å². The predicted octanol–water partition coefficient (Wildman–Crippen LogP) is 4.71. The predicted molar refractivity (Wildman–Crippen MR) is 94.5 cm³/mol. The monoisotopic (exact) mass is 338 g/mol. The van der Waals surface area contributed by atoms with Gasteiger partial charge in [0.05, 0.1) is 6.42 Å². The third-order valence-corrected chi connectivity index (χ3v) is 3.68. The van der Waals surface area contributed by atoms with Crippen LogP contribution in [0.3, 0.4) is 0 Å². The SMILES string of the molecule is O=C(Cc1ccccc1Cl)Nc1cccnc1Oc1ccccc1. The van der Waals surface area contributed by atoms with Crippen LogP contribution in [0.15, 0.2) is 72.9 Å². The molecular formula is C19H15ClN2O2. The molecule has 1 heterocycles. The van der Waals surface area contributed by atoms with Gasteiger partial charge in [0.2, 0.25) is 11.8 Å². The van der Waals surface area contributed by atoms with Gasteiger partial charge in [-0.3, -0.25) is 4.79 Å². The molecule has 1 aromatic heterocycles. The van der Waals surface area contributed by atoms with Crippen molar-refractivity contribution in [1.82, 2.24) is 4.98 Å². The Kier molecular flexibility index (Phi) is 5.08. The van der Waals surface area contributed by atoms with Crippen LogP contribution in [-0.2, 0) is 11.2 Å². The molecule has 0 unspecified atom stereocenters. The number of hydrogen-bond acceptors (Lipinski definition) is 3. The first-order valence-electron chi connectivity index (χ1n) is 7.43. The molecule has 0 atom stereocenters. The Balaban J connectivity index is 1.73. The Morgan fingerprint density at radius 2 is 1.75 bits per heavy atom. The van der Waals surface area contributed by atoms with E-state index in [4.69, 9.17) is 16.3 Å². The van der Waals surface area contributed by atoms with Gasteiger partial charge in [-0.1, -0.05) is 48.0 Å². The maximum Gasteiger partial charge on any atom is 0.243 e. The fourth-order valence-electron chi connectivity index (χ4n) is 2.18. The lowest BCUT2D eigenvalue weighted by Crippen LogP contribution is -2.15. The third kappa shape index (κ3) is 4.12. The zero-order valence-electron chi connectivity index (χ0n) is 12.8. The highest BCUT2D eigenvalue weighted by molar-refractivity contribution is 6.31. The second kappa shape index (κ2) is 7.62. The van der Waals surface area contributed by atoms with E-state index in [1.807, 2.05) is 48.5 Å². The number of nitrogens with one attached hydrogen (secondary N) is 1. The second-order valence-corrected chi connectivity index (χ2v) is 5.49. The highest BCUT2D eigenvalue weighted by Crippen LogP contribution is 2.27. The highest BCUT2D eigenvalue weighted by Gasteiger charge is 2.11. The van der Waals surface area contributed by atoms with Gasteiger partial charge < -0.3 is 10.1 Å². The molecule has 1 N–H and O–H groups in total. The summed E-state index contributed by atoms with van der Waals surface area (Å²) >= 11 is 6.09. The molecule has 0 fully saturated rings. The number of halogens is 1. The van der Waals surface area contributed by atoms with Crippen LogP contribution in [0.5, 0.6) is 11.6 Å². The fourth-order valence-corrected chi connectivity index (χ4v) is 2.38. The summed E-state index contributed by atoms with van der Waals surface area (Å²) in [5.41, 5.74) is 1.28. The van der Waals surface area contributed by atoms with Crippen LogP contribution in [0.2, 0.25) is 5.02 Å². The van der Waals surface area contributed by atoms with Crippen molar-refractivity contribution in [2.45, 2.75) is 6.42 Å². The molecule has 3 rings (SSSR count). The van der Waals surface area contributed by atoms with Crippen molar-refractivity contribution in [2.75, 3.05) is 5.32 Å². The maximum atomic E-state index is 12.3. The average Bonchev–Trinajstić information content (AvgIpc) is 2.60. The van der Waals surface area contributed by atoms with E-state index in [-0.39, 0.29) is 12.3 Å². The van der Waals surface area contributed by atoms with Crippen LogP contribution in [-0.4, -0.2) is 10.9 Å². The zero-order valence-corrected chi connectivity index (χ0v) is 13.5. The maximum absolute atomic E-state index is 12.3. The van der Waals surface area contributed by atoms with Crippen LogP contribution in [0.25, 0.3) is 0 Å². The van der Waals surface area contributed by atoms with Crippen molar-refractivity contribution in [3.63, 3.8) is 0 Å². The molecule has 0 bridgehead atoms. The molecule has 5 heteroatoms. The number of anilines is 1. The number of para-hydroxylation sites is 1. The summed E-state index contributed by atoms with van der Waals surface area (Å²) in [6.45, 7) is 0. The third-order valence-electron chi connectivity index (χ3n) is 3.31. The number of benzene rings is 2. The van der Waals surface area contributed by atoms with Crippen molar-refractivity contribution >= 4 is 23.2 Å².